The van der Waals surface area contributed by atoms with Crippen molar-refractivity contribution < 1.29 is 23.5 Å². The molecule has 0 aliphatic rings. The van der Waals surface area contributed by atoms with Gasteiger partial charge in [0, 0.05) is 5.69 Å². The third-order valence-electron chi connectivity index (χ3n) is 3.11. The Kier molecular flexibility index (Phi) is 6.16. The fourth-order valence-electron chi connectivity index (χ4n) is 1.93. The highest BCUT2D eigenvalue weighted by Crippen LogP contribution is 2.19. The number of halogens is 1. The highest BCUT2D eigenvalue weighted by atomic mass is 19.1. The topological polar surface area (TPSA) is 79.9 Å². The van der Waals surface area contributed by atoms with Crippen LogP contribution in [0.2, 0.25) is 0 Å². The number of carbonyl (C=O) groups is 2. The van der Waals surface area contributed by atoms with Crippen molar-refractivity contribution in [3.05, 3.63) is 54.3 Å². The van der Waals surface area contributed by atoms with Crippen LogP contribution in [0.1, 0.15) is 6.92 Å². The summed E-state index contributed by atoms with van der Waals surface area (Å²) in [6, 6.07) is 11.1. The Morgan fingerprint density at radius 1 is 1.08 bits per heavy atom. The average Bonchev–Trinajstić information content (AvgIpc) is 2.62. The Bertz CT molecular complexity index is 720. The Labute approximate surface area is 144 Å². The monoisotopic (exact) mass is 347 g/mol. The Morgan fingerprint density at radius 2 is 1.72 bits per heavy atom. The van der Waals surface area contributed by atoms with Crippen LogP contribution in [0, 0.1) is 5.82 Å². The molecule has 0 unspecified atom stereocenters. The van der Waals surface area contributed by atoms with Crippen molar-refractivity contribution in [2.45, 2.75) is 6.92 Å². The van der Waals surface area contributed by atoms with E-state index in [0.717, 1.165) is 5.01 Å². The molecule has 0 bridgehead atoms. The van der Waals surface area contributed by atoms with Crippen molar-refractivity contribution in [1.29, 1.82) is 0 Å². The second-order valence-corrected chi connectivity index (χ2v) is 4.80. The standard InChI is InChI=1S/C17H18FN3O4/c1-3-25-17(23)20-21(14-8-10-15(24-2)11-9-14)16(22)19-13-6-4-12(18)5-7-13/h4-11H,3H2,1-2H3,(H,19,22)(H,20,23). The lowest BCUT2D eigenvalue weighted by Gasteiger charge is -2.23. The smallest absolute Gasteiger partial charge is 0.426 e. The van der Waals surface area contributed by atoms with Crippen molar-refractivity contribution in [2.75, 3.05) is 24.0 Å². The van der Waals surface area contributed by atoms with E-state index in [1.165, 1.54) is 31.4 Å². The van der Waals surface area contributed by atoms with Crippen LogP contribution in [0.5, 0.6) is 5.75 Å². The van der Waals surface area contributed by atoms with Crippen LogP contribution in [-0.4, -0.2) is 25.8 Å². The summed E-state index contributed by atoms with van der Waals surface area (Å²) in [5.74, 6) is 0.174. The molecule has 7 nitrogen and oxygen atoms in total. The number of methoxy groups -OCH3 is 1. The quantitative estimate of drug-likeness (QED) is 0.829. The molecule has 0 aliphatic heterocycles. The number of benzene rings is 2. The number of hydrazine groups is 1. The molecule has 132 valence electrons. The molecule has 8 heteroatoms. The number of nitrogens with one attached hydrogen (secondary N) is 2. The first-order chi connectivity index (χ1) is 12.0. The maximum Gasteiger partial charge on any atom is 0.426 e. The van der Waals surface area contributed by atoms with Crippen LogP contribution >= 0.6 is 0 Å². The summed E-state index contributed by atoms with van der Waals surface area (Å²) in [6.07, 6.45) is -0.785. The van der Waals surface area contributed by atoms with E-state index in [0.29, 0.717) is 17.1 Å². The van der Waals surface area contributed by atoms with Gasteiger partial charge in [0.1, 0.15) is 11.6 Å². The summed E-state index contributed by atoms with van der Waals surface area (Å²) in [7, 11) is 1.52. The van der Waals surface area contributed by atoms with E-state index in [1.807, 2.05) is 0 Å². The predicted octanol–water partition coefficient (Wildman–Crippen LogP) is 3.53. The van der Waals surface area contributed by atoms with Crippen molar-refractivity contribution in [2.24, 2.45) is 0 Å². The van der Waals surface area contributed by atoms with Gasteiger partial charge in [0.25, 0.3) is 0 Å². The first-order valence-corrected chi connectivity index (χ1v) is 7.47. The van der Waals surface area contributed by atoms with E-state index in [9.17, 15) is 14.0 Å². The lowest BCUT2D eigenvalue weighted by molar-refractivity contribution is 0.151. The molecule has 3 amide bonds. The molecule has 2 aromatic carbocycles. The highest BCUT2D eigenvalue weighted by molar-refractivity contribution is 6.02. The van der Waals surface area contributed by atoms with Crippen molar-refractivity contribution in [3.8, 4) is 5.75 Å². The summed E-state index contributed by atoms with van der Waals surface area (Å²) in [5.41, 5.74) is 3.10. The van der Waals surface area contributed by atoms with Gasteiger partial charge < -0.3 is 14.8 Å². The van der Waals surface area contributed by atoms with Gasteiger partial charge in [0.05, 0.1) is 19.4 Å². The third kappa shape index (κ3) is 5.10. The van der Waals surface area contributed by atoms with Crippen LogP contribution in [0.3, 0.4) is 0 Å². The molecule has 2 N–H and O–H groups in total. The molecule has 0 atom stereocenters. The molecular weight excluding hydrogens is 329 g/mol. The summed E-state index contributed by atoms with van der Waals surface area (Å²) >= 11 is 0. The number of hydrogen-bond donors (Lipinski definition) is 2. The summed E-state index contributed by atoms with van der Waals surface area (Å²) in [6.45, 7) is 1.80. The minimum absolute atomic E-state index is 0.155. The molecule has 0 saturated heterocycles. The minimum Gasteiger partial charge on any atom is -0.497 e. The molecule has 0 fully saturated rings. The fraction of sp³-hybridized carbons (Fsp3) is 0.176. The normalized spacial score (nSPS) is 9.88. The molecular formula is C17H18FN3O4. The highest BCUT2D eigenvalue weighted by Gasteiger charge is 2.19. The van der Waals surface area contributed by atoms with Crippen LogP contribution in [0.4, 0.5) is 25.4 Å². The first-order valence-electron chi connectivity index (χ1n) is 7.47. The van der Waals surface area contributed by atoms with Crippen LogP contribution in [0.25, 0.3) is 0 Å². The first kappa shape index (κ1) is 18.1. The van der Waals surface area contributed by atoms with E-state index in [-0.39, 0.29) is 6.61 Å². The Morgan fingerprint density at radius 3 is 2.28 bits per heavy atom. The van der Waals surface area contributed by atoms with Gasteiger partial charge in [-0.1, -0.05) is 0 Å². The second-order valence-electron chi connectivity index (χ2n) is 4.80. The second kappa shape index (κ2) is 8.53. The molecule has 25 heavy (non-hydrogen) atoms. The SMILES string of the molecule is CCOC(=O)NN(C(=O)Nc1ccc(F)cc1)c1ccc(OC)cc1. The maximum atomic E-state index is 13.0. The zero-order chi connectivity index (χ0) is 18.2. The van der Waals surface area contributed by atoms with Gasteiger partial charge in [-0.15, -0.1) is 0 Å². The van der Waals surface area contributed by atoms with Crippen LogP contribution in [-0.2, 0) is 4.74 Å². The lowest BCUT2D eigenvalue weighted by Crippen LogP contribution is -2.48. The van der Waals surface area contributed by atoms with Gasteiger partial charge in [-0.25, -0.2) is 19.4 Å². The van der Waals surface area contributed by atoms with E-state index >= 15 is 0 Å². The number of amides is 3. The number of urea groups is 1. The number of nitrogens with zero attached hydrogens (tertiary/aromatic N) is 1. The fourth-order valence-corrected chi connectivity index (χ4v) is 1.93. The molecule has 0 aromatic heterocycles. The molecule has 0 saturated carbocycles. The Hall–Kier alpha value is -3.29. The summed E-state index contributed by atoms with van der Waals surface area (Å²) in [5, 5.41) is 3.55. The van der Waals surface area contributed by atoms with Gasteiger partial charge in [0.15, 0.2) is 0 Å². The summed E-state index contributed by atoms with van der Waals surface area (Å²) in [4.78, 5) is 24.2. The predicted molar refractivity (Wildman–Crippen MR) is 91.0 cm³/mol. The number of rotatable bonds is 4. The molecule has 2 rings (SSSR count). The lowest BCUT2D eigenvalue weighted by atomic mass is 10.3. The largest absolute Gasteiger partial charge is 0.497 e. The van der Waals surface area contributed by atoms with Crippen molar-refractivity contribution >= 4 is 23.5 Å². The molecule has 0 radical (unpaired) electrons. The zero-order valence-electron chi connectivity index (χ0n) is 13.8. The van der Waals surface area contributed by atoms with Gasteiger partial charge >= 0.3 is 12.1 Å². The molecule has 0 heterocycles. The van der Waals surface area contributed by atoms with Crippen molar-refractivity contribution in [1.82, 2.24) is 5.43 Å². The average molecular weight is 347 g/mol. The maximum absolute atomic E-state index is 13.0. The van der Waals surface area contributed by atoms with Gasteiger partial charge in [0.2, 0.25) is 0 Å². The van der Waals surface area contributed by atoms with E-state index < -0.39 is 17.9 Å². The van der Waals surface area contributed by atoms with Crippen molar-refractivity contribution in [3.63, 3.8) is 0 Å². The van der Waals surface area contributed by atoms with E-state index in [1.54, 1.807) is 31.2 Å². The number of anilines is 2. The zero-order valence-corrected chi connectivity index (χ0v) is 13.8. The Balaban J connectivity index is 2.20. The van der Waals surface area contributed by atoms with Gasteiger partial charge in [-0.2, -0.15) is 5.01 Å². The third-order valence-corrected chi connectivity index (χ3v) is 3.11. The molecule has 2 aromatic rings. The number of ether oxygens (including phenoxy) is 2. The van der Waals surface area contributed by atoms with E-state index in [4.69, 9.17) is 9.47 Å². The van der Waals surface area contributed by atoms with Gasteiger partial charge in [-0.05, 0) is 55.5 Å². The van der Waals surface area contributed by atoms with Crippen LogP contribution < -0.4 is 20.5 Å². The number of carbonyl (C=O) groups excluding carboxylic acids is 2. The number of hydrogen-bond acceptors (Lipinski definition) is 4. The van der Waals surface area contributed by atoms with Gasteiger partial charge in [-0.3, -0.25) is 0 Å². The van der Waals surface area contributed by atoms with Crippen LogP contribution in [0.15, 0.2) is 48.5 Å². The van der Waals surface area contributed by atoms with E-state index in [2.05, 4.69) is 10.7 Å². The summed E-state index contributed by atoms with van der Waals surface area (Å²) < 4.78 is 22.8. The minimum atomic E-state index is -0.785. The molecule has 0 spiro atoms. The molecule has 0 aliphatic carbocycles.